The molecule has 3 N–H and O–H groups in total. The van der Waals surface area contributed by atoms with Gasteiger partial charge < -0.3 is 15.8 Å². The summed E-state index contributed by atoms with van der Waals surface area (Å²) in [6, 6.07) is 7.94. The summed E-state index contributed by atoms with van der Waals surface area (Å²) in [5.41, 5.74) is 6.55. The molecule has 0 saturated heterocycles. The van der Waals surface area contributed by atoms with E-state index in [2.05, 4.69) is 5.32 Å². The number of aryl methyl sites for hydroxylation is 1. The van der Waals surface area contributed by atoms with Gasteiger partial charge >= 0.3 is 0 Å². The van der Waals surface area contributed by atoms with Gasteiger partial charge in [-0.3, -0.25) is 4.79 Å². The van der Waals surface area contributed by atoms with E-state index in [1.807, 2.05) is 31.2 Å². The predicted molar refractivity (Wildman–Crippen MR) is 72.6 cm³/mol. The Bertz CT molecular complexity index is 349. The topological polar surface area (TPSA) is 64.3 Å². The molecule has 4 nitrogen and oxygen atoms in total. The molecule has 18 heavy (non-hydrogen) atoms. The number of nitrogens with two attached hydrogens (primary N) is 1. The Morgan fingerprint density at radius 3 is 2.67 bits per heavy atom. The molecule has 0 spiro atoms. The van der Waals surface area contributed by atoms with Gasteiger partial charge in [0.2, 0.25) is 5.91 Å². The van der Waals surface area contributed by atoms with Crippen molar-refractivity contribution in [2.45, 2.75) is 26.2 Å². The molecule has 1 aromatic carbocycles. The summed E-state index contributed by atoms with van der Waals surface area (Å²) in [5, 5.41) is 2.84. The predicted octanol–water partition coefficient (Wildman–Crippen LogP) is 1.62. The molecule has 0 fully saturated rings. The van der Waals surface area contributed by atoms with Crippen LogP contribution in [0.25, 0.3) is 0 Å². The third-order valence-electron chi connectivity index (χ3n) is 2.54. The zero-order chi connectivity index (χ0) is 13.2. The summed E-state index contributed by atoms with van der Waals surface area (Å²) in [6.45, 7) is 3.86. The van der Waals surface area contributed by atoms with Crippen LogP contribution in [-0.2, 0) is 4.79 Å². The second-order valence-corrected chi connectivity index (χ2v) is 4.26. The third kappa shape index (κ3) is 6.25. The van der Waals surface area contributed by atoms with Crippen LogP contribution in [0.4, 0.5) is 0 Å². The Morgan fingerprint density at radius 1 is 1.28 bits per heavy atom. The van der Waals surface area contributed by atoms with Crippen molar-refractivity contribution < 1.29 is 9.53 Å². The molecule has 1 rings (SSSR count). The molecule has 0 aliphatic carbocycles. The summed E-state index contributed by atoms with van der Waals surface area (Å²) >= 11 is 0. The van der Waals surface area contributed by atoms with Gasteiger partial charge in [-0.05, 0) is 38.4 Å². The van der Waals surface area contributed by atoms with Crippen LogP contribution in [0.3, 0.4) is 0 Å². The average Bonchev–Trinajstić information content (AvgIpc) is 2.38. The molecule has 1 amide bonds. The van der Waals surface area contributed by atoms with Crippen LogP contribution in [-0.4, -0.2) is 25.6 Å². The first-order valence-electron chi connectivity index (χ1n) is 6.38. The summed E-state index contributed by atoms with van der Waals surface area (Å²) in [6.07, 6.45) is 2.06. The Hall–Kier alpha value is -1.55. The smallest absolute Gasteiger partial charge is 0.220 e. The van der Waals surface area contributed by atoms with E-state index in [1.54, 1.807) is 0 Å². The van der Waals surface area contributed by atoms with Crippen molar-refractivity contribution in [3.63, 3.8) is 0 Å². The highest BCUT2D eigenvalue weighted by atomic mass is 16.5. The maximum atomic E-state index is 11.3. The number of carbonyl (C=O) groups excluding carboxylic acids is 1. The molecule has 1 aromatic rings. The van der Waals surface area contributed by atoms with E-state index in [-0.39, 0.29) is 5.91 Å². The van der Waals surface area contributed by atoms with Gasteiger partial charge in [-0.15, -0.1) is 0 Å². The minimum Gasteiger partial charge on any atom is -0.494 e. The van der Waals surface area contributed by atoms with Gasteiger partial charge in [-0.25, -0.2) is 0 Å². The van der Waals surface area contributed by atoms with Gasteiger partial charge in [-0.2, -0.15) is 0 Å². The zero-order valence-corrected chi connectivity index (χ0v) is 10.9. The maximum Gasteiger partial charge on any atom is 0.220 e. The largest absolute Gasteiger partial charge is 0.494 e. The van der Waals surface area contributed by atoms with Crippen molar-refractivity contribution in [2.24, 2.45) is 5.73 Å². The van der Waals surface area contributed by atoms with Gasteiger partial charge in [0.05, 0.1) is 6.61 Å². The fraction of sp³-hybridized carbons (Fsp3) is 0.500. The molecule has 100 valence electrons. The van der Waals surface area contributed by atoms with Gasteiger partial charge in [0.1, 0.15) is 5.75 Å². The van der Waals surface area contributed by atoms with E-state index in [9.17, 15) is 4.79 Å². The van der Waals surface area contributed by atoms with Crippen LogP contribution in [0.2, 0.25) is 0 Å². The summed E-state index contributed by atoms with van der Waals surface area (Å²) in [4.78, 5) is 11.3. The van der Waals surface area contributed by atoms with E-state index in [0.717, 1.165) is 18.6 Å². The highest BCUT2D eigenvalue weighted by molar-refractivity contribution is 5.75. The fourth-order valence-electron chi connectivity index (χ4n) is 1.48. The summed E-state index contributed by atoms with van der Waals surface area (Å²) < 4.78 is 5.55. The van der Waals surface area contributed by atoms with Crippen LogP contribution in [0.15, 0.2) is 24.3 Å². The number of carbonyl (C=O) groups is 1. The lowest BCUT2D eigenvalue weighted by Crippen LogP contribution is -2.25. The SMILES string of the molecule is Cc1ccc(OCCCNC(=O)CCCN)cc1. The van der Waals surface area contributed by atoms with Crippen LogP contribution < -0.4 is 15.8 Å². The lowest BCUT2D eigenvalue weighted by molar-refractivity contribution is -0.121. The number of hydrogen-bond donors (Lipinski definition) is 2. The standard InChI is InChI=1S/C14H22N2O2/c1-12-5-7-13(8-6-12)18-11-3-10-16-14(17)4-2-9-15/h5-8H,2-4,9-11,15H2,1H3,(H,16,17). The molecular formula is C14H22N2O2. The highest BCUT2D eigenvalue weighted by Gasteiger charge is 1.99. The monoisotopic (exact) mass is 250 g/mol. The van der Waals surface area contributed by atoms with Crippen LogP contribution >= 0.6 is 0 Å². The van der Waals surface area contributed by atoms with Crippen molar-refractivity contribution in [3.8, 4) is 5.75 Å². The first-order chi connectivity index (χ1) is 8.72. The lowest BCUT2D eigenvalue weighted by atomic mass is 10.2. The summed E-state index contributed by atoms with van der Waals surface area (Å²) in [5.74, 6) is 0.936. The molecular weight excluding hydrogens is 228 g/mol. The van der Waals surface area contributed by atoms with E-state index in [0.29, 0.717) is 26.1 Å². The average molecular weight is 250 g/mol. The Kier molecular flexibility index (Phi) is 6.87. The third-order valence-corrected chi connectivity index (χ3v) is 2.54. The van der Waals surface area contributed by atoms with Gasteiger partial charge in [0.15, 0.2) is 0 Å². The molecule has 0 aromatic heterocycles. The second-order valence-electron chi connectivity index (χ2n) is 4.26. The first kappa shape index (κ1) is 14.5. The van der Waals surface area contributed by atoms with Crippen LogP contribution in [0.5, 0.6) is 5.75 Å². The maximum absolute atomic E-state index is 11.3. The van der Waals surface area contributed by atoms with Crippen molar-refractivity contribution >= 4 is 5.91 Å². The number of rotatable bonds is 8. The number of ether oxygens (including phenoxy) is 1. The quantitative estimate of drug-likeness (QED) is 0.689. The molecule has 0 heterocycles. The second kappa shape index (κ2) is 8.53. The zero-order valence-electron chi connectivity index (χ0n) is 10.9. The van der Waals surface area contributed by atoms with Gasteiger partial charge in [-0.1, -0.05) is 17.7 Å². The summed E-state index contributed by atoms with van der Waals surface area (Å²) in [7, 11) is 0. The number of amides is 1. The van der Waals surface area contributed by atoms with E-state index < -0.39 is 0 Å². The number of hydrogen-bond acceptors (Lipinski definition) is 3. The molecule has 0 atom stereocenters. The molecule has 0 unspecified atom stereocenters. The van der Waals surface area contributed by atoms with Crippen LogP contribution in [0.1, 0.15) is 24.8 Å². The number of benzene rings is 1. The van der Waals surface area contributed by atoms with E-state index in [1.165, 1.54) is 5.56 Å². The molecule has 0 bridgehead atoms. The van der Waals surface area contributed by atoms with E-state index >= 15 is 0 Å². The van der Waals surface area contributed by atoms with Crippen molar-refractivity contribution in [1.29, 1.82) is 0 Å². The first-order valence-corrected chi connectivity index (χ1v) is 6.38. The van der Waals surface area contributed by atoms with Crippen LogP contribution in [0, 0.1) is 6.92 Å². The lowest BCUT2D eigenvalue weighted by Gasteiger charge is -2.07. The van der Waals surface area contributed by atoms with E-state index in [4.69, 9.17) is 10.5 Å². The molecule has 0 aliphatic heterocycles. The molecule has 0 saturated carbocycles. The molecule has 4 heteroatoms. The van der Waals surface area contributed by atoms with Gasteiger partial charge in [0.25, 0.3) is 0 Å². The van der Waals surface area contributed by atoms with Gasteiger partial charge in [0, 0.05) is 13.0 Å². The minimum atomic E-state index is 0.0655. The van der Waals surface area contributed by atoms with Crippen molar-refractivity contribution in [3.05, 3.63) is 29.8 Å². The Morgan fingerprint density at radius 2 is 2.00 bits per heavy atom. The molecule has 0 radical (unpaired) electrons. The Labute approximate surface area is 109 Å². The normalized spacial score (nSPS) is 10.1. The van der Waals surface area contributed by atoms with Crippen molar-refractivity contribution in [2.75, 3.05) is 19.7 Å². The highest BCUT2D eigenvalue weighted by Crippen LogP contribution is 2.11. The fourth-order valence-corrected chi connectivity index (χ4v) is 1.48. The molecule has 0 aliphatic rings. The minimum absolute atomic E-state index is 0.0655. The Balaban J connectivity index is 2.05. The van der Waals surface area contributed by atoms with Crippen molar-refractivity contribution in [1.82, 2.24) is 5.32 Å². The number of nitrogens with one attached hydrogen (secondary N) is 1.